The number of nitrogens with zero attached hydrogens (tertiary/aromatic N) is 4. The molecule has 2 aromatic rings. The third-order valence-electron chi connectivity index (χ3n) is 6.21. The Morgan fingerprint density at radius 3 is 2.23 bits per heavy atom. The maximum atomic E-state index is 13.5. The van der Waals surface area contributed by atoms with Crippen molar-refractivity contribution in [2.75, 3.05) is 59.9 Å². The Balaban J connectivity index is 1.60. The van der Waals surface area contributed by atoms with Crippen LogP contribution in [0.3, 0.4) is 0 Å². The second-order valence-corrected chi connectivity index (χ2v) is 10.4. The minimum atomic E-state index is -3.62. The number of likely N-dealkylation sites (N-methyl/N-ethyl adjacent to an activating group) is 2. The van der Waals surface area contributed by atoms with Gasteiger partial charge in [0, 0.05) is 51.4 Å². The van der Waals surface area contributed by atoms with E-state index in [1.165, 1.54) is 10.4 Å². The fourth-order valence-electron chi connectivity index (χ4n) is 4.26. The summed E-state index contributed by atoms with van der Waals surface area (Å²) in [6, 6.07) is 16.5. The zero-order chi connectivity index (χ0) is 22.0. The largest absolute Gasteiger partial charge is 0.329 e. The molecule has 1 atom stereocenters. The number of hydrogen-bond donors (Lipinski definition) is 0. The molecule has 4 rings (SSSR count). The van der Waals surface area contributed by atoms with Crippen LogP contribution in [-0.2, 0) is 10.0 Å². The summed E-state index contributed by atoms with van der Waals surface area (Å²) in [5, 5.41) is 0. The molecule has 166 valence electrons. The maximum Gasteiger partial charge on any atom is 0.254 e. The molecule has 2 fully saturated rings. The zero-order valence-corrected chi connectivity index (χ0v) is 19.0. The molecule has 2 heterocycles. The molecule has 0 aromatic heterocycles. The molecule has 0 spiro atoms. The van der Waals surface area contributed by atoms with E-state index < -0.39 is 10.0 Å². The Labute approximate surface area is 184 Å². The van der Waals surface area contributed by atoms with Gasteiger partial charge < -0.3 is 14.7 Å². The lowest BCUT2D eigenvalue weighted by Gasteiger charge is -2.40. The highest BCUT2D eigenvalue weighted by molar-refractivity contribution is 7.89. The second kappa shape index (κ2) is 9.08. The van der Waals surface area contributed by atoms with E-state index in [2.05, 4.69) is 16.8 Å². The number of sulfonamides is 1. The molecule has 2 aliphatic heterocycles. The Morgan fingerprint density at radius 1 is 0.839 bits per heavy atom. The monoisotopic (exact) mass is 442 g/mol. The predicted octanol–water partition coefficient (Wildman–Crippen LogP) is 1.75. The summed E-state index contributed by atoms with van der Waals surface area (Å²) in [6.07, 6.45) is 0. The molecule has 1 amide bonds. The number of carbonyl (C=O) groups excluding carboxylic acids is 1. The summed E-state index contributed by atoms with van der Waals surface area (Å²) in [6.45, 7) is 4.47. The number of amides is 1. The summed E-state index contributed by atoms with van der Waals surface area (Å²) >= 11 is 0. The van der Waals surface area contributed by atoms with Crippen LogP contribution in [0.1, 0.15) is 22.0 Å². The van der Waals surface area contributed by atoms with Gasteiger partial charge in [0.05, 0.1) is 10.9 Å². The van der Waals surface area contributed by atoms with Gasteiger partial charge in [-0.25, -0.2) is 8.42 Å². The van der Waals surface area contributed by atoms with Crippen LogP contribution in [0.15, 0.2) is 59.5 Å². The first-order chi connectivity index (χ1) is 14.9. The molecule has 0 N–H and O–H groups in total. The quantitative estimate of drug-likeness (QED) is 0.722. The van der Waals surface area contributed by atoms with Crippen LogP contribution in [0.4, 0.5) is 0 Å². The van der Waals surface area contributed by atoms with E-state index in [9.17, 15) is 13.2 Å². The van der Waals surface area contributed by atoms with Crippen molar-refractivity contribution in [2.45, 2.75) is 10.9 Å². The fraction of sp³-hybridized carbons (Fsp3) is 0.435. The van der Waals surface area contributed by atoms with Crippen LogP contribution in [0, 0.1) is 0 Å². The molecule has 2 aliphatic rings. The standard InChI is InChI=1S/C23H30N4O3S/c1-24-11-14-26(15-12-24)31(29,30)21-10-6-9-20(17-21)23(28)27-16-13-25(2)18-22(27)19-7-4-3-5-8-19/h3-10,17,22H,11-16,18H2,1-2H3. The molecule has 0 radical (unpaired) electrons. The summed E-state index contributed by atoms with van der Waals surface area (Å²) in [5.74, 6) is -0.127. The average molecular weight is 443 g/mol. The van der Waals surface area contributed by atoms with Crippen molar-refractivity contribution in [1.29, 1.82) is 0 Å². The highest BCUT2D eigenvalue weighted by atomic mass is 32.2. The summed E-state index contributed by atoms with van der Waals surface area (Å²) in [5.41, 5.74) is 1.50. The summed E-state index contributed by atoms with van der Waals surface area (Å²) in [7, 11) is 0.426. The van der Waals surface area contributed by atoms with Crippen LogP contribution in [0.2, 0.25) is 0 Å². The van der Waals surface area contributed by atoms with E-state index in [1.54, 1.807) is 18.2 Å². The molecule has 2 aromatic carbocycles. The Kier molecular flexibility index (Phi) is 6.43. The van der Waals surface area contributed by atoms with Gasteiger partial charge in [-0.2, -0.15) is 4.31 Å². The fourth-order valence-corrected chi connectivity index (χ4v) is 5.72. The van der Waals surface area contributed by atoms with Gasteiger partial charge in [0.1, 0.15) is 0 Å². The Morgan fingerprint density at radius 2 is 1.52 bits per heavy atom. The maximum absolute atomic E-state index is 13.5. The van der Waals surface area contributed by atoms with Crippen LogP contribution in [-0.4, -0.2) is 93.2 Å². The van der Waals surface area contributed by atoms with Crippen molar-refractivity contribution < 1.29 is 13.2 Å². The lowest BCUT2D eigenvalue weighted by atomic mass is 10.0. The SMILES string of the molecule is CN1CCN(S(=O)(=O)c2cccc(C(=O)N3CCN(C)CC3c3ccccc3)c2)CC1. The van der Waals surface area contributed by atoms with Crippen molar-refractivity contribution >= 4 is 15.9 Å². The Hall–Kier alpha value is -2.26. The first-order valence-electron chi connectivity index (χ1n) is 10.7. The molecule has 7 nitrogen and oxygen atoms in total. The zero-order valence-electron chi connectivity index (χ0n) is 18.1. The highest BCUT2D eigenvalue weighted by Crippen LogP contribution is 2.27. The minimum Gasteiger partial charge on any atom is -0.329 e. The normalized spacial score (nSPS) is 21.9. The first kappa shape index (κ1) is 22.0. The van der Waals surface area contributed by atoms with Crippen LogP contribution in [0.25, 0.3) is 0 Å². The van der Waals surface area contributed by atoms with E-state index in [0.717, 1.165) is 18.7 Å². The lowest BCUT2D eigenvalue weighted by molar-refractivity contribution is 0.0498. The number of carbonyl (C=O) groups is 1. The van der Waals surface area contributed by atoms with Gasteiger partial charge in [0.2, 0.25) is 10.0 Å². The lowest BCUT2D eigenvalue weighted by Crippen LogP contribution is -2.49. The van der Waals surface area contributed by atoms with Gasteiger partial charge in [-0.1, -0.05) is 36.4 Å². The van der Waals surface area contributed by atoms with Crippen molar-refractivity contribution in [1.82, 2.24) is 19.0 Å². The predicted molar refractivity (Wildman–Crippen MR) is 120 cm³/mol. The third kappa shape index (κ3) is 4.67. The molecule has 1 unspecified atom stereocenters. The first-order valence-corrected chi connectivity index (χ1v) is 12.1. The van der Waals surface area contributed by atoms with Crippen molar-refractivity contribution in [3.05, 3.63) is 65.7 Å². The Bertz CT molecular complexity index is 1020. The van der Waals surface area contributed by atoms with E-state index in [-0.39, 0.29) is 16.8 Å². The van der Waals surface area contributed by atoms with Crippen molar-refractivity contribution in [3.8, 4) is 0 Å². The summed E-state index contributed by atoms with van der Waals surface area (Å²) in [4.78, 5) is 19.9. The third-order valence-corrected chi connectivity index (χ3v) is 8.10. The molecule has 8 heteroatoms. The molecular weight excluding hydrogens is 412 g/mol. The number of piperazine rings is 2. The van der Waals surface area contributed by atoms with Crippen LogP contribution >= 0.6 is 0 Å². The van der Waals surface area contributed by atoms with E-state index >= 15 is 0 Å². The molecule has 31 heavy (non-hydrogen) atoms. The minimum absolute atomic E-state index is 0.0645. The topological polar surface area (TPSA) is 64.2 Å². The van der Waals surface area contributed by atoms with Gasteiger partial charge in [-0.05, 0) is 37.9 Å². The number of hydrogen-bond acceptors (Lipinski definition) is 5. The molecule has 2 saturated heterocycles. The van der Waals surface area contributed by atoms with E-state index in [1.807, 2.05) is 42.3 Å². The van der Waals surface area contributed by atoms with Gasteiger partial charge in [0.25, 0.3) is 5.91 Å². The average Bonchev–Trinajstić information content (AvgIpc) is 2.79. The second-order valence-electron chi connectivity index (χ2n) is 8.42. The van der Waals surface area contributed by atoms with Crippen molar-refractivity contribution in [2.24, 2.45) is 0 Å². The van der Waals surface area contributed by atoms with E-state index in [4.69, 9.17) is 0 Å². The van der Waals surface area contributed by atoms with Gasteiger partial charge in [0.15, 0.2) is 0 Å². The molecule has 0 aliphatic carbocycles. The van der Waals surface area contributed by atoms with E-state index in [0.29, 0.717) is 38.3 Å². The van der Waals surface area contributed by atoms with Gasteiger partial charge >= 0.3 is 0 Å². The van der Waals surface area contributed by atoms with Crippen LogP contribution < -0.4 is 0 Å². The molecule has 0 saturated carbocycles. The number of rotatable bonds is 4. The molecular formula is C23H30N4O3S. The van der Waals surface area contributed by atoms with Gasteiger partial charge in [-0.15, -0.1) is 0 Å². The van der Waals surface area contributed by atoms with Crippen molar-refractivity contribution in [3.63, 3.8) is 0 Å². The smallest absolute Gasteiger partial charge is 0.254 e. The molecule has 0 bridgehead atoms. The summed E-state index contributed by atoms with van der Waals surface area (Å²) < 4.78 is 27.8. The number of benzene rings is 2. The highest BCUT2D eigenvalue weighted by Gasteiger charge is 2.32. The van der Waals surface area contributed by atoms with Crippen LogP contribution in [0.5, 0.6) is 0 Å². The van der Waals surface area contributed by atoms with Gasteiger partial charge in [-0.3, -0.25) is 4.79 Å².